The molecule has 0 saturated carbocycles. The second kappa shape index (κ2) is 12.6. The summed E-state index contributed by atoms with van der Waals surface area (Å²) in [6.07, 6.45) is -2.29. The van der Waals surface area contributed by atoms with Gasteiger partial charge < -0.3 is 19.6 Å². The van der Waals surface area contributed by atoms with Crippen LogP contribution < -0.4 is 0 Å². The molecule has 0 aliphatic carbocycles. The lowest BCUT2D eigenvalue weighted by Crippen LogP contribution is -2.56. The van der Waals surface area contributed by atoms with Gasteiger partial charge in [0.2, 0.25) is 0 Å². The number of ether oxygens (including phenoxy) is 1. The number of hydrogen-bond acceptors (Lipinski definition) is 6. The molecule has 1 fully saturated rings. The third-order valence-corrected chi connectivity index (χ3v) is 8.52. The third-order valence-electron chi connectivity index (χ3n) is 6.34. The highest BCUT2D eigenvalue weighted by Gasteiger charge is 2.47. The van der Waals surface area contributed by atoms with E-state index in [-0.39, 0.29) is 11.5 Å². The van der Waals surface area contributed by atoms with Gasteiger partial charge in [-0.3, -0.25) is 9.59 Å². The van der Waals surface area contributed by atoms with Gasteiger partial charge in [0, 0.05) is 22.6 Å². The van der Waals surface area contributed by atoms with Crippen molar-refractivity contribution in [3.05, 3.63) is 69.7 Å². The van der Waals surface area contributed by atoms with Crippen molar-refractivity contribution in [2.75, 3.05) is 32.1 Å². The quantitative estimate of drug-likeness (QED) is 0.431. The molecule has 1 amide bonds. The number of benzene rings is 2. The van der Waals surface area contributed by atoms with Crippen LogP contribution in [0.4, 0.5) is 0 Å². The lowest BCUT2D eigenvalue weighted by molar-refractivity contribution is -0.182. The first-order valence-electron chi connectivity index (χ1n) is 12.0. The average molecular weight is 572 g/mol. The summed E-state index contributed by atoms with van der Waals surface area (Å²) in [6.45, 7) is 2.16. The van der Waals surface area contributed by atoms with Crippen LogP contribution in [0.5, 0.6) is 0 Å². The molecule has 1 aliphatic rings. The van der Waals surface area contributed by atoms with Crippen LogP contribution in [-0.2, 0) is 24.2 Å². The summed E-state index contributed by atoms with van der Waals surface area (Å²) in [6, 6.07) is 12.4. The minimum Gasteiger partial charge on any atom is -0.481 e. The van der Waals surface area contributed by atoms with E-state index in [2.05, 4.69) is 0 Å². The number of carboxylic acid groups (broad SMARTS) is 1. The topological polar surface area (TPSA) is 104 Å². The highest BCUT2D eigenvalue weighted by atomic mass is 35.5. The predicted octanol–water partition coefficient (Wildman–Crippen LogP) is 4.23. The Balaban J connectivity index is 2.14. The van der Waals surface area contributed by atoms with Crippen LogP contribution in [0.2, 0.25) is 10.0 Å². The molecule has 2 aromatic carbocycles. The number of hydrogen-bond donors (Lipinski definition) is 1. The molecule has 1 saturated heterocycles. The van der Waals surface area contributed by atoms with Crippen LogP contribution in [-0.4, -0.2) is 79.5 Å². The van der Waals surface area contributed by atoms with Crippen LogP contribution >= 0.6 is 23.2 Å². The maximum absolute atomic E-state index is 13.8. The maximum atomic E-state index is 13.8. The standard InChI is InChI=1S/C26H32Cl2N2O6S/c1-4-21(16-37(34,35)13-12-29(2)3)30-24(17-8-10-19(27)11-9-17)25(18-6-5-7-20(28)14-18)36-22(26(30)33)15-23(31)32/h5-11,14,21-22,24-25H,4,12-13,15-16H2,1-3H3,(H,31,32)/t21?,22-,24+,25+/m0/s1. The number of rotatable bonds is 11. The Labute approximate surface area is 228 Å². The Morgan fingerprint density at radius 1 is 1.11 bits per heavy atom. The molecule has 37 heavy (non-hydrogen) atoms. The molecule has 2 aromatic rings. The Morgan fingerprint density at radius 3 is 2.35 bits per heavy atom. The molecule has 1 N–H and O–H groups in total. The molecule has 1 aliphatic heterocycles. The monoisotopic (exact) mass is 570 g/mol. The van der Waals surface area contributed by atoms with E-state index in [4.69, 9.17) is 27.9 Å². The van der Waals surface area contributed by atoms with Crippen LogP contribution in [0.15, 0.2) is 48.5 Å². The second-order valence-corrected chi connectivity index (χ2v) is 12.5. The van der Waals surface area contributed by atoms with Crippen molar-refractivity contribution in [3.63, 3.8) is 0 Å². The molecule has 11 heteroatoms. The predicted molar refractivity (Wildman–Crippen MR) is 144 cm³/mol. The molecule has 1 unspecified atom stereocenters. The van der Waals surface area contributed by atoms with E-state index >= 15 is 0 Å². The summed E-state index contributed by atoms with van der Waals surface area (Å²) in [4.78, 5) is 28.7. The van der Waals surface area contributed by atoms with Crippen LogP contribution in [0.3, 0.4) is 0 Å². The van der Waals surface area contributed by atoms with Crippen LogP contribution in [0.1, 0.15) is 43.0 Å². The molecule has 3 rings (SSSR count). The smallest absolute Gasteiger partial charge is 0.306 e. The fraction of sp³-hybridized carbons (Fsp3) is 0.462. The van der Waals surface area contributed by atoms with Gasteiger partial charge in [0.15, 0.2) is 9.84 Å². The Morgan fingerprint density at radius 2 is 1.78 bits per heavy atom. The van der Waals surface area contributed by atoms with Crippen molar-refractivity contribution < 1.29 is 27.9 Å². The summed E-state index contributed by atoms with van der Waals surface area (Å²) < 4.78 is 32.3. The van der Waals surface area contributed by atoms with E-state index in [1.54, 1.807) is 67.5 Å². The van der Waals surface area contributed by atoms with Crippen molar-refractivity contribution in [1.29, 1.82) is 0 Å². The van der Waals surface area contributed by atoms with E-state index in [0.29, 0.717) is 34.1 Å². The maximum Gasteiger partial charge on any atom is 0.306 e. The number of carbonyl (C=O) groups excluding carboxylic acids is 1. The fourth-order valence-electron chi connectivity index (χ4n) is 4.49. The van der Waals surface area contributed by atoms with E-state index in [1.807, 2.05) is 6.92 Å². The molecule has 0 bridgehead atoms. The third kappa shape index (κ3) is 7.67. The number of sulfone groups is 1. The SMILES string of the molecule is CCC(CS(=O)(=O)CCN(C)C)N1C(=O)[C@H](CC(=O)O)O[C@H](c2cccc(Cl)c2)[C@H]1c1ccc(Cl)cc1. The van der Waals surface area contributed by atoms with Crippen molar-refractivity contribution >= 4 is 44.9 Å². The van der Waals surface area contributed by atoms with Gasteiger partial charge in [-0.15, -0.1) is 0 Å². The van der Waals surface area contributed by atoms with Crippen LogP contribution in [0.25, 0.3) is 0 Å². The molecule has 0 aromatic heterocycles. The summed E-state index contributed by atoms with van der Waals surface area (Å²) >= 11 is 12.4. The van der Waals surface area contributed by atoms with Crippen molar-refractivity contribution in [1.82, 2.24) is 9.80 Å². The van der Waals surface area contributed by atoms with E-state index in [9.17, 15) is 23.1 Å². The molecule has 202 valence electrons. The van der Waals surface area contributed by atoms with Gasteiger partial charge >= 0.3 is 5.97 Å². The lowest BCUT2D eigenvalue weighted by atomic mass is 9.89. The second-order valence-electron chi connectivity index (χ2n) is 9.42. The average Bonchev–Trinajstić information content (AvgIpc) is 2.83. The summed E-state index contributed by atoms with van der Waals surface area (Å²) in [5, 5.41) is 10.5. The first kappa shape index (κ1) is 29.4. The zero-order valence-electron chi connectivity index (χ0n) is 21.0. The van der Waals surface area contributed by atoms with Gasteiger partial charge in [-0.05, 0) is 55.9 Å². The van der Waals surface area contributed by atoms with Crippen molar-refractivity contribution in [3.8, 4) is 0 Å². The van der Waals surface area contributed by atoms with Crippen molar-refractivity contribution in [2.24, 2.45) is 0 Å². The van der Waals surface area contributed by atoms with E-state index in [0.717, 1.165) is 0 Å². The van der Waals surface area contributed by atoms with Gasteiger partial charge in [-0.2, -0.15) is 0 Å². The zero-order chi connectivity index (χ0) is 27.3. The number of nitrogens with zero attached hydrogens (tertiary/aromatic N) is 2. The van der Waals surface area contributed by atoms with Gasteiger partial charge in [0.25, 0.3) is 5.91 Å². The normalized spacial score (nSPS) is 21.3. The lowest BCUT2D eigenvalue weighted by Gasteiger charge is -2.48. The molecule has 8 nitrogen and oxygen atoms in total. The Bertz CT molecular complexity index is 1210. The van der Waals surface area contributed by atoms with E-state index < -0.39 is 52.4 Å². The minimum absolute atomic E-state index is 0.0586. The zero-order valence-corrected chi connectivity index (χ0v) is 23.3. The summed E-state index contributed by atoms with van der Waals surface area (Å²) in [5.41, 5.74) is 1.33. The summed E-state index contributed by atoms with van der Waals surface area (Å²) in [7, 11) is 0.0479. The van der Waals surface area contributed by atoms with E-state index in [1.165, 1.54) is 4.90 Å². The number of aliphatic carboxylic acids is 1. The first-order valence-corrected chi connectivity index (χ1v) is 14.5. The highest BCUT2D eigenvalue weighted by molar-refractivity contribution is 7.91. The molecule has 0 radical (unpaired) electrons. The Kier molecular flexibility index (Phi) is 9.99. The summed E-state index contributed by atoms with van der Waals surface area (Å²) in [5.74, 6) is -2.07. The largest absolute Gasteiger partial charge is 0.481 e. The highest BCUT2D eigenvalue weighted by Crippen LogP contribution is 2.44. The fourth-order valence-corrected chi connectivity index (χ4v) is 6.61. The molecular weight excluding hydrogens is 539 g/mol. The van der Waals surface area contributed by atoms with Gasteiger partial charge in [0.1, 0.15) is 12.2 Å². The number of morpholine rings is 1. The van der Waals surface area contributed by atoms with Gasteiger partial charge in [-0.25, -0.2) is 8.42 Å². The number of carboxylic acids is 1. The molecule has 4 atom stereocenters. The molecule has 1 heterocycles. The van der Waals surface area contributed by atoms with Crippen molar-refractivity contribution in [2.45, 2.75) is 44.1 Å². The number of amides is 1. The first-order chi connectivity index (χ1) is 17.4. The number of carbonyl (C=O) groups is 2. The van der Waals surface area contributed by atoms with Crippen LogP contribution in [0, 0.1) is 0 Å². The Hall–Kier alpha value is -2.17. The number of halogens is 2. The molecular formula is C26H32Cl2N2O6S. The van der Waals surface area contributed by atoms with Gasteiger partial charge in [0.05, 0.1) is 24.0 Å². The molecule has 0 spiro atoms. The van der Waals surface area contributed by atoms with Gasteiger partial charge in [-0.1, -0.05) is 54.4 Å². The minimum atomic E-state index is -3.54.